The molecule has 0 amide bonds. The molecule has 0 aliphatic carbocycles. The summed E-state index contributed by atoms with van der Waals surface area (Å²) in [7, 11) is 0. The number of para-hydroxylation sites is 1. The zero-order chi connectivity index (χ0) is 11.7. The number of benzene rings is 1. The summed E-state index contributed by atoms with van der Waals surface area (Å²) in [5.41, 5.74) is 1.15. The Morgan fingerprint density at radius 3 is 3.12 bits per heavy atom. The quantitative estimate of drug-likeness (QED) is 0.806. The van der Waals surface area contributed by atoms with E-state index >= 15 is 0 Å². The molecule has 0 radical (unpaired) electrons. The molecule has 90 valence electrons. The van der Waals surface area contributed by atoms with Gasteiger partial charge < -0.3 is 9.30 Å². The molecule has 0 spiro atoms. The van der Waals surface area contributed by atoms with Crippen molar-refractivity contribution in [3.8, 4) is 0 Å². The predicted octanol–water partition coefficient (Wildman–Crippen LogP) is 3.86. The summed E-state index contributed by atoms with van der Waals surface area (Å²) in [6, 6.07) is 8.17. The van der Waals surface area contributed by atoms with Gasteiger partial charge in [-0.25, -0.2) is 0 Å². The van der Waals surface area contributed by atoms with Crippen LogP contribution >= 0.6 is 11.6 Å². The van der Waals surface area contributed by atoms with Crippen LogP contribution in [0.2, 0.25) is 5.02 Å². The molecule has 1 unspecified atom stereocenters. The van der Waals surface area contributed by atoms with Gasteiger partial charge in [0.1, 0.15) is 0 Å². The van der Waals surface area contributed by atoms with Gasteiger partial charge >= 0.3 is 0 Å². The molecule has 1 aromatic carbocycles. The van der Waals surface area contributed by atoms with E-state index in [0.29, 0.717) is 6.10 Å². The van der Waals surface area contributed by atoms with E-state index in [1.807, 2.05) is 12.1 Å². The van der Waals surface area contributed by atoms with Gasteiger partial charge in [0, 0.05) is 24.7 Å². The van der Waals surface area contributed by atoms with Crippen LogP contribution in [0, 0.1) is 0 Å². The van der Waals surface area contributed by atoms with Crippen LogP contribution in [-0.4, -0.2) is 17.3 Å². The van der Waals surface area contributed by atoms with Crippen molar-refractivity contribution in [2.75, 3.05) is 6.61 Å². The molecule has 2 nitrogen and oxygen atoms in total. The molecular weight excluding hydrogens is 234 g/mol. The predicted molar refractivity (Wildman–Crippen MR) is 70.5 cm³/mol. The SMILES string of the molecule is Clc1cccc2ccn(CCC3CCCO3)c12. The fraction of sp³-hybridized carbons (Fsp3) is 0.429. The summed E-state index contributed by atoms with van der Waals surface area (Å²) < 4.78 is 7.88. The maximum absolute atomic E-state index is 6.25. The minimum atomic E-state index is 0.440. The van der Waals surface area contributed by atoms with Crippen LogP contribution in [-0.2, 0) is 11.3 Å². The number of hydrogen-bond donors (Lipinski definition) is 0. The molecule has 2 aromatic rings. The molecule has 0 bridgehead atoms. The highest BCUT2D eigenvalue weighted by atomic mass is 35.5. The lowest BCUT2D eigenvalue weighted by Gasteiger charge is -2.11. The molecule has 1 saturated heterocycles. The highest BCUT2D eigenvalue weighted by Gasteiger charge is 2.15. The van der Waals surface area contributed by atoms with Gasteiger partial charge in [0.05, 0.1) is 16.6 Å². The highest BCUT2D eigenvalue weighted by Crippen LogP contribution is 2.25. The lowest BCUT2D eigenvalue weighted by atomic mass is 10.2. The van der Waals surface area contributed by atoms with Crippen LogP contribution in [0.1, 0.15) is 19.3 Å². The molecule has 3 heteroatoms. The number of fused-ring (bicyclic) bond motifs is 1. The van der Waals surface area contributed by atoms with Gasteiger partial charge in [-0.2, -0.15) is 0 Å². The van der Waals surface area contributed by atoms with Crippen LogP contribution in [0.25, 0.3) is 10.9 Å². The van der Waals surface area contributed by atoms with Gasteiger partial charge in [-0.1, -0.05) is 23.7 Å². The van der Waals surface area contributed by atoms with E-state index in [1.54, 1.807) is 0 Å². The Balaban J connectivity index is 1.80. The summed E-state index contributed by atoms with van der Waals surface area (Å²) in [6.45, 7) is 1.91. The zero-order valence-corrected chi connectivity index (χ0v) is 10.5. The molecule has 1 aliphatic rings. The standard InChI is InChI=1S/C14H16ClNO/c15-13-5-1-3-11-6-8-16(14(11)13)9-7-12-4-2-10-17-12/h1,3,5-6,8,12H,2,4,7,9-10H2. The number of aromatic nitrogens is 1. The molecule has 17 heavy (non-hydrogen) atoms. The van der Waals surface area contributed by atoms with Crippen LogP contribution in [0.3, 0.4) is 0 Å². The third-order valence-electron chi connectivity index (χ3n) is 3.46. The third-order valence-corrected chi connectivity index (χ3v) is 3.76. The smallest absolute Gasteiger partial charge is 0.0669 e. The van der Waals surface area contributed by atoms with Crippen molar-refractivity contribution in [3.63, 3.8) is 0 Å². The minimum absolute atomic E-state index is 0.440. The number of halogens is 1. The summed E-state index contributed by atoms with van der Waals surface area (Å²) in [6.07, 6.45) is 6.04. The Hall–Kier alpha value is -0.990. The third kappa shape index (κ3) is 2.20. The van der Waals surface area contributed by atoms with E-state index in [0.717, 1.165) is 30.1 Å². The average molecular weight is 250 g/mol. The van der Waals surface area contributed by atoms with Crippen molar-refractivity contribution in [2.45, 2.75) is 31.9 Å². The van der Waals surface area contributed by atoms with Gasteiger partial charge in [-0.3, -0.25) is 0 Å². The fourth-order valence-corrected chi connectivity index (χ4v) is 2.85. The van der Waals surface area contributed by atoms with Gasteiger partial charge in [0.25, 0.3) is 0 Å². The van der Waals surface area contributed by atoms with Crippen molar-refractivity contribution in [3.05, 3.63) is 35.5 Å². The topological polar surface area (TPSA) is 14.2 Å². The first-order valence-corrected chi connectivity index (χ1v) is 6.57. The average Bonchev–Trinajstić information content (AvgIpc) is 2.95. The first kappa shape index (κ1) is 11.1. The van der Waals surface area contributed by atoms with E-state index in [-0.39, 0.29) is 0 Å². The van der Waals surface area contributed by atoms with Crippen molar-refractivity contribution < 1.29 is 4.74 Å². The highest BCUT2D eigenvalue weighted by molar-refractivity contribution is 6.35. The molecule has 1 aromatic heterocycles. The number of hydrogen-bond acceptors (Lipinski definition) is 1. The summed E-state index contributed by atoms with van der Waals surface area (Å²) in [5, 5.41) is 2.05. The molecule has 1 atom stereocenters. The van der Waals surface area contributed by atoms with Gasteiger partial charge in [-0.15, -0.1) is 0 Å². The number of aryl methyl sites for hydroxylation is 1. The molecular formula is C14H16ClNO. The Morgan fingerprint density at radius 1 is 1.35 bits per heavy atom. The molecule has 0 saturated carbocycles. The normalized spacial score (nSPS) is 20.2. The first-order valence-electron chi connectivity index (χ1n) is 6.19. The van der Waals surface area contributed by atoms with Gasteiger partial charge in [-0.05, 0) is 31.4 Å². The van der Waals surface area contributed by atoms with Crippen molar-refractivity contribution in [1.29, 1.82) is 0 Å². The Morgan fingerprint density at radius 2 is 2.29 bits per heavy atom. The van der Waals surface area contributed by atoms with Crippen LogP contribution in [0.15, 0.2) is 30.5 Å². The second kappa shape index (κ2) is 4.71. The maximum atomic E-state index is 6.25. The molecule has 1 fully saturated rings. The number of rotatable bonds is 3. The first-order chi connectivity index (χ1) is 8.34. The van der Waals surface area contributed by atoms with Gasteiger partial charge in [0.15, 0.2) is 0 Å². The summed E-state index contributed by atoms with van der Waals surface area (Å²) in [5.74, 6) is 0. The number of nitrogens with zero attached hydrogens (tertiary/aromatic N) is 1. The van der Waals surface area contributed by atoms with Crippen LogP contribution in [0.4, 0.5) is 0 Å². The van der Waals surface area contributed by atoms with Crippen molar-refractivity contribution in [2.24, 2.45) is 0 Å². The summed E-state index contributed by atoms with van der Waals surface area (Å²) >= 11 is 6.25. The van der Waals surface area contributed by atoms with Crippen LogP contribution in [0.5, 0.6) is 0 Å². The Kier molecular flexibility index (Phi) is 3.08. The van der Waals surface area contributed by atoms with E-state index < -0.39 is 0 Å². The fourth-order valence-electron chi connectivity index (χ4n) is 2.56. The molecule has 1 aliphatic heterocycles. The molecule has 2 heterocycles. The van der Waals surface area contributed by atoms with Crippen LogP contribution < -0.4 is 0 Å². The zero-order valence-electron chi connectivity index (χ0n) is 9.73. The van der Waals surface area contributed by atoms with E-state index in [4.69, 9.17) is 16.3 Å². The number of ether oxygens (including phenoxy) is 1. The second-order valence-electron chi connectivity index (χ2n) is 4.61. The van der Waals surface area contributed by atoms with Crippen molar-refractivity contribution >= 4 is 22.5 Å². The largest absolute Gasteiger partial charge is 0.378 e. The lowest BCUT2D eigenvalue weighted by molar-refractivity contribution is 0.101. The van der Waals surface area contributed by atoms with E-state index in [9.17, 15) is 0 Å². The molecule has 0 N–H and O–H groups in total. The lowest BCUT2D eigenvalue weighted by Crippen LogP contribution is -2.09. The monoisotopic (exact) mass is 249 g/mol. The maximum Gasteiger partial charge on any atom is 0.0669 e. The van der Waals surface area contributed by atoms with Gasteiger partial charge in [0.2, 0.25) is 0 Å². The van der Waals surface area contributed by atoms with E-state index in [2.05, 4.69) is 22.9 Å². The Bertz CT molecular complexity index is 514. The van der Waals surface area contributed by atoms with E-state index in [1.165, 1.54) is 18.2 Å². The van der Waals surface area contributed by atoms with Crippen molar-refractivity contribution in [1.82, 2.24) is 4.57 Å². The Labute approximate surface area is 106 Å². The minimum Gasteiger partial charge on any atom is -0.378 e. The molecule has 3 rings (SSSR count). The second-order valence-corrected chi connectivity index (χ2v) is 5.02. The summed E-state index contributed by atoms with van der Waals surface area (Å²) in [4.78, 5) is 0.